The minimum atomic E-state index is -4.19. The smallest absolute Gasteiger partial charge is 0.459 e. The van der Waals surface area contributed by atoms with Gasteiger partial charge in [-0.15, -0.1) is 0 Å². The van der Waals surface area contributed by atoms with Crippen molar-refractivity contribution >= 4 is 19.5 Å². The van der Waals surface area contributed by atoms with Gasteiger partial charge in [-0.2, -0.15) is 10.1 Å². The summed E-state index contributed by atoms with van der Waals surface area (Å²) >= 11 is 0. The van der Waals surface area contributed by atoms with E-state index in [1.807, 2.05) is 0 Å². The van der Waals surface area contributed by atoms with E-state index in [9.17, 15) is 19.3 Å². The summed E-state index contributed by atoms with van der Waals surface area (Å²) in [5.41, 5.74) is 3.69. The summed E-state index contributed by atoms with van der Waals surface area (Å²) in [7, 11) is -4.19. The quantitative estimate of drug-likeness (QED) is 0.293. The molecule has 0 aliphatic carbocycles. The number of hydrogen-bond acceptors (Lipinski definition) is 11. The maximum absolute atomic E-state index is 13.7. The van der Waals surface area contributed by atoms with Gasteiger partial charge in [0.05, 0.1) is 19.3 Å². The van der Waals surface area contributed by atoms with Gasteiger partial charge >= 0.3 is 19.4 Å². The molecule has 37 heavy (non-hydrogen) atoms. The topological polar surface area (TPSA) is 173 Å². The lowest BCUT2D eigenvalue weighted by atomic mass is 9.86. The number of esters is 1. The molecule has 0 amide bonds. The predicted molar refractivity (Wildman–Crippen MR) is 131 cm³/mol. The molecule has 14 heteroatoms. The minimum Gasteiger partial charge on any atom is -0.462 e. The van der Waals surface area contributed by atoms with E-state index in [1.165, 1.54) is 23.8 Å². The van der Waals surface area contributed by atoms with Crippen LogP contribution in [0.4, 0.5) is 5.82 Å². The van der Waals surface area contributed by atoms with Crippen LogP contribution in [-0.2, 0) is 28.1 Å². The number of rotatable bonds is 10. The molecule has 3 heterocycles. The molecule has 202 valence electrons. The molecule has 0 saturated carbocycles. The highest BCUT2D eigenvalue weighted by Crippen LogP contribution is 2.50. The van der Waals surface area contributed by atoms with Crippen molar-refractivity contribution in [1.29, 1.82) is 0 Å². The summed E-state index contributed by atoms with van der Waals surface area (Å²) < 4.78 is 43.0. The van der Waals surface area contributed by atoms with E-state index in [0.717, 1.165) is 0 Å². The number of para-hydroxylation sites is 1. The first-order valence-electron chi connectivity index (χ1n) is 11.8. The molecule has 13 nitrogen and oxygen atoms in total. The molecule has 0 bridgehead atoms. The molecule has 6 atom stereocenters. The maximum Gasteiger partial charge on any atom is 0.459 e. The molecular weight excluding hydrogens is 507 g/mol. The molecule has 2 aliphatic rings. The Bertz CT molecular complexity index is 1200. The Labute approximate surface area is 213 Å². The molecule has 2 aromatic rings. The molecule has 0 radical (unpaired) electrons. The first-order valence-corrected chi connectivity index (χ1v) is 13.4. The lowest BCUT2D eigenvalue weighted by Gasteiger charge is -2.44. The van der Waals surface area contributed by atoms with Gasteiger partial charge in [-0.25, -0.2) is 9.36 Å². The number of hydrogen-bond donors (Lipinski definition) is 3. The van der Waals surface area contributed by atoms with E-state index < -0.39 is 56.1 Å². The van der Waals surface area contributed by atoms with Crippen molar-refractivity contribution in [2.75, 3.05) is 18.9 Å². The molecule has 4 N–H and O–H groups in total. The van der Waals surface area contributed by atoms with Gasteiger partial charge in [-0.1, -0.05) is 18.2 Å². The second kappa shape index (κ2) is 10.9. The lowest BCUT2D eigenvalue weighted by molar-refractivity contribution is -0.227. The number of nitrogens with zero attached hydrogens (tertiary/aromatic N) is 2. The Morgan fingerprint density at radius 2 is 2.03 bits per heavy atom. The highest BCUT2D eigenvalue weighted by Gasteiger charge is 2.62. The second-order valence-electron chi connectivity index (χ2n) is 9.10. The number of carbonyl (C=O) groups excluding carboxylic acids is 1. The molecule has 1 spiro atoms. The van der Waals surface area contributed by atoms with Crippen molar-refractivity contribution in [2.24, 2.45) is 0 Å². The molecule has 2 saturated heterocycles. The number of nitrogens with two attached hydrogens (primary N) is 1. The number of ether oxygens (including phenoxy) is 3. The number of nitrogens with one attached hydrogen (secondary N) is 1. The van der Waals surface area contributed by atoms with Gasteiger partial charge in [0.1, 0.15) is 35.4 Å². The fraction of sp³-hybridized carbons (Fsp3) is 0.522. The van der Waals surface area contributed by atoms with Crippen LogP contribution in [0.5, 0.6) is 5.75 Å². The van der Waals surface area contributed by atoms with Crippen LogP contribution < -0.4 is 21.0 Å². The van der Waals surface area contributed by atoms with Gasteiger partial charge in [-0.3, -0.25) is 13.9 Å². The third-order valence-electron chi connectivity index (χ3n) is 5.98. The summed E-state index contributed by atoms with van der Waals surface area (Å²) in [6, 6.07) is 8.65. The van der Waals surface area contributed by atoms with Gasteiger partial charge < -0.3 is 29.6 Å². The van der Waals surface area contributed by atoms with Crippen molar-refractivity contribution in [2.45, 2.75) is 63.4 Å². The number of aromatic nitrogens is 2. The number of benzene rings is 1. The first-order chi connectivity index (χ1) is 17.5. The van der Waals surface area contributed by atoms with Gasteiger partial charge in [-0.05, 0) is 39.0 Å². The summed E-state index contributed by atoms with van der Waals surface area (Å²) in [4.78, 5) is 28.5. The number of carbonyl (C=O) groups is 1. The normalized spacial score (nSPS) is 27.4. The Morgan fingerprint density at radius 1 is 1.32 bits per heavy atom. The number of aliphatic hydroxyl groups excluding tert-OH is 1. The molecule has 1 aromatic heterocycles. The zero-order valence-electron chi connectivity index (χ0n) is 20.7. The van der Waals surface area contributed by atoms with E-state index in [1.54, 1.807) is 44.2 Å². The van der Waals surface area contributed by atoms with Crippen molar-refractivity contribution in [3.05, 3.63) is 53.1 Å². The van der Waals surface area contributed by atoms with E-state index in [4.69, 9.17) is 29.0 Å². The maximum atomic E-state index is 13.7. The lowest BCUT2D eigenvalue weighted by Crippen LogP contribution is -2.57. The SMILES string of the molecule is CC(C)OC(=O)[C@H](C)NP(=O)(OC[C@H]1O[C@@H](n2ccc(N)nc2=O)[C@@]2(CCO2)[C@@H]1O)Oc1ccccc1. The molecule has 2 aliphatic heterocycles. The van der Waals surface area contributed by atoms with Crippen LogP contribution in [0.2, 0.25) is 0 Å². The van der Waals surface area contributed by atoms with Crippen LogP contribution in [0.25, 0.3) is 0 Å². The number of nitrogen functional groups attached to an aromatic ring is 1. The van der Waals surface area contributed by atoms with Gasteiger partial charge in [0, 0.05) is 12.6 Å². The van der Waals surface area contributed by atoms with E-state index in [-0.39, 0.29) is 17.7 Å². The highest BCUT2D eigenvalue weighted by molar-refractivity contribution is 7.52. The zero-order chi connectivity index (χ0) is 26.8. The van der Waals surface area contributed by atoms with Crippen molar-refractivity contribution < 1.29 is 37.7 Å². The van der Waals surface area contributed by atoms with E-state index in [2.05, 4.69) is 10.1 Å². The largest absolute Gasteiger partial charge is 0.462 e. The summed E-state index contributed by atoms with van der Waals surface area (Å²) in [5.74, 6) is -0.380. The van der Waals surface area contributed by atoms with Crippen LogP contribution in [0, 0.1) is 0 Å². The average Bonchev–Trinajstić information content (AvgIpc) is 3.10. The summed E-state index contributed by atoms with van der Waals surface area (Å²) in [6.45, 7) is 4.79. The van der Waals surface area contributed by atoms with E-state index >= 15 is 0 Å². The average molecular weight is 538 g/mol. The second-order valence-corrected chi connectivity index (χ2v) is 10.8. The molecular formula is C23H31N4O9P. The van der Waals surface area contributed by atoms with E-state index in [0.29, 0.717) is 13.0 Å². The molecule has 1 aromatic carbocycles. The third-order valence-corrected chi connectivity index (χ3v) is 7.62. The molecule has 2 fully saturated rings. The van der Waals surface area contributed by atoms with Gasteiger partial charge in [0.2, 0.25) is 0 Å². The Balaban J connectivity index is 1.53. The first kappa shape index (κ1) is 27.2. The Morgan fingerprint density at radius 3 is 2.62 bits per heavy atom. The fourth-order valence-corrected chi connectivity index (χ4v) is 5.63. The summed E-state index contributed by atoms with van der Waals surface area (Å²) in [5, 5.41) is 13.7. The van der Waals surface area contributed by atoms with Crippen LogP contribution >= 0.6 is 7.75 Å². The van der Waals surface area contributed by atoms with Crippen LogP contribution in [0.3, 0.4) is 0 Å². The zero-order valence-corrected chi connectivity index (χ0v) is 21.6. The van der Waals surface area contributed by atoms with Gasteiger partial charge in [0.15, 0.2) is 6.23 Å². The summed E-state index contributed by atoms with van der Waals surface area (Å²) in [6.07, 6.45) is -1.88. The number of aliphatic hydroxyl groups is 1. The Kier molecular flexibility index (Phi) is 8.02. The fourth-order valence-electron chi connectivity index (χ4n) is 4.12. The van der Waals surface area contributed by atoms with Gasteiger partial charge in [0.25, 0.3) is 0 Å². The molecule has 1 unspecified atom stereocenters. The van der Waals surface area contributed by atoms with Crippen molar-refractivity contribution in [1.82, 2.24) is 14.6 Å². The van der Waals surface area contributed by atoms with Crippen LogP contribution in [0.1, 0.15) is 33.4 Å². The standard InChI is InChI=1S/C23H31N4O9P/c1-14(2)34-20(29)15(3)26-37(31,36-16-7-5-4-6-8-16)33-13-17-19(28)23(10-12-32-23)21(35-17)27-11-9-18(24)25-22(27)30/h4-9,11,14-15,17,19,21,28H,10,12-13H2,1-3H3,(H,26,31)(H2,24,25,30)/t15-,17+,19+,21+,23+,37?/m0/s1. The monoisotopic (exact) mass is 538 g/mol. The highest BCUT2D eigenvalue weighted by atomic mass is 31.2. The van der Waals surface area contributed by atoms with Crippen molar-refractivity contribution in [3.8, 4) is 5.75 Å². The minimum absolute atomic E-state index is 0.0402. The third kappa shape index (κ3) is 5.87. The van der Waals surface area contributed by atoms with Crippen molar-refractivity contribution in [3.63, 3.8) is 0 Å². The molecule has 4 rings (SSSR count). The predicted octanol–water partition coefficient (Wildman–Crippen LogP) is 1.38. The van der Waals surface area contributed by atoms with Crippen LogP contribution in [-0.4, -0.2) is 63.8 Å². The number of anilines is 1. The Hall–Kier alpha value is -2.80. The van der Waals surface area contributed by atoms with Crippen LogP contribution in [0.15, 0.2) is 47.4 Å².